The molecule has 0 amide bonds. The second kappa shape index (κ2) is 7.24. The first-order valence-electron chi connectivity index (χ1n) is 9.04. The molecule has 0 unspecified atom stereocenters. The van der Waals surface area contributed by atoms with Crippen LogP contribution >= 0.6 is 0 Å². The highest BCUT2D eigenvalue weighted by atomic mass is 19.1. The number of aromatic nitrogens is 1. The molecule has 138 valence electrons. The quantitative estimate of drug-likeness (QED) is 0.457. The number of rotatable bonds is 4. The fourth-order valence-corrected chi connectivity index (χ4v) is 3.34. The van der Waals surface area contributed by atoms with Gasteiger partial charge in [-0.3, -0.25) is 4.79 Å². The molecule has 1 aromatic heterocycles. The smallest absolute Gasteiger partial charge is 0.150 e. The first kappa shape index (κ1) is 17.9. The number of halogens is 1. The molecule has 0 radical (unpaired) electrons. The van der Waals surface area contributed by atoms with Gasteiger partial charge in [0.05, 0.1) is 11.2 Å². The number of benzene rings is 3. The summed E-state index contributed by atoms with van der Waals surface area (Å²) in [6.45, 7) is 1.97. The fourth-order valence-electron chi connectivity index (χ4n) is 3.34. The third-order valence-corrected chi connectivity index (χ3v) is 4.87. The summed E-state index contributed by atoms with van der Waals surface area (Å²) in [5, 5.41) is 3.86. The Labute approximate surface area is 162 Å². The molecule has 0 atom stereocenters. The van der Waals surface area contributed by atoms with E-state index in [0.717, 1.165) is 34.0 Å². The average molecular weight is 370 g/mol. The largest absolute Gasteiger partial charge is 0.388 e. The number of anilines is 1. The summed E-state index contributed by atoms with van der Waals surface area (Å²) in [4.78, 5) is 16.2. The van der Waals surface area contributed by atoms with Crippen molar-refractivity contribution in [2.75, 3.05) is 12.4 Å². The molecule has 4 aromatic rings. The summed E-state index contributed by atoms with van der Waals surface area (Å²) in [7, 11) is 1.84. The molecule has 0 saturated heterocycles. The summed E-state index contributed by atoms with van der Waals surface area (Å²) < 4.78 is 14.8. The third-order valence-electron chi connectivity index (χ3n) is 4.87. The maximum Gasteiger partial charge on any atom is 0.150 e. The Bertz CT molecular complexity index is 1180. The van der Waals surface area contributed by atoms with Crippen molar-refractivity contribution in [2.24, 2.45) is 0 Å². The summed E-state index contributed by atoms with van der Waals surface area (Å²) in [6, 6.07) is 20.1. The predicted octanol–water partition coefficient (Wildman–Crippen LogP) is 5.87. The van der Waals surface area contributed by atoms with E-state index in [1.165, 1.54) is 6.07 Å². The molecule has 3 nitrogen and oxygen atoms in total. The summed E-state index contributed by atoms with van der Waals surface area (Å²) >= 11 is 0. The van der Waals surface area contributed by atoms with Crippen molar-refractivity contribution < 1.29 is 9.18 Å². The number of nitrogens with one attached hydrogen (secondary N) is 1. The molecular weight excluding hydrogens is 351 g/mol. The lowest BCUT2D eigenvalue weighted by Gasteiger charge is -2.10. The first-order valence-corrected chi connectivity index (χ1v) is 9.04. The molecular formula is C24H19FN2O. The zero-order chi connectivity index (χ0) is 19.7. The van der Waals surface area contributed by atoms with Gasteiger partial charge in [-0.25, -0.2) is 9.37 Å². The molecule has 0 aliphatic heterocycles. The van der Waals surface area contributed by atoms with Crippen molar-refractivity contribution in [1.82, 2.24) is 4.98 Å². The Morgan fingerprint density at radius 2 is 1.68 bits per heavy atom. The van der Waals surface area contributed by atoms with Crippen molar-refractivity contribution in [3.63, 3.8) is 0 Å². The topological polar surface area (TPSA) is 42.0 Å². The van der Waals surface area contributed by atoms with Crippen LogP contribution in [-0.2, 0) is 0 Å². The summed E-state index contributed by atoms with van der Waals surface area (Å²) in [5.41, 5.74) is 5.85. The molecule has 0 spiro atoms. The van der Waals surface area contributed by atoms with Gasteiger partial charge < -0.3 is 5.32 Å². The van der Waals surface area contributed by atoms with Gasteiger partial charge >= 0.3 is 0 Å². The van der Waals surface area contributed by atoms with Gasteiger partial charge in [-0.1, -0.05) is 35.9 Å². The van der Waals surface area contributed by atoms with E-state index >= 15 is 0 Å². The number of hydrogen-bond acceptors (Lipinski definition) is 3. The summed E-state index contributed by atoms with van der Waals surface area (Å²) in [6.07, 6.45) is 0.820. The highest BCUT2D eigenvalue weighted by Gasteiger charge is 2.11. The second-order valence-corrected chi connectivity index (χ2v) is 6.76. The van der Waals surface area contributed by atoms with Gasteiger partial charge in [0.1, 0.15) is 5.82 Å². The van der Waals surface area contributed by atoms with E-state index in [1.54, 1.807) is 12.1 Å². The minimum atomic E-state index is -0.326. The van der Waals surface area contributed by atoms with Gasteiger partial charge in [0, 0.05) is 34.8 Å². The second-order valence-electron chi connectivity index (χ2n) is 6.76. The number of aldehydes is 1. The van der Waals surface area contributed by atoms with Crippen molar-refractivity contribution in [1.29, 1.82) is 0 Å². The zero-order valence-electron chi connectivity index (χ0n) is 15.7. The van der Waals surface area contributed by atoms with Gasteiger partial charge in [0.25, 0.3) is 0 Å². The zero-order valence-corrected chi connectivity index (χ0v) is 15.7. The van der Waals surface area contributed by atoms with Crippen LogP contribution in [0.15, 0.2) is 66.7 Å². The Morgan fingerprint density at radius 1 is 0.929 bits per heavy atom. The van der Waals surface area contributed by atoms with E-state index in [-0.39, 0.29) is 5.82 Å². The molecule has 0 fully saturated rings. The number of fused-ring (bicyclic) bond motifs is 1. The molecule has 0 bridgehead atoms. The van der Waals surface area contributed by atoms with E-state index < -0.39 is 0 Å². The van der Waals surface area contributed by atoms with Gasteiger partial charge in [0.2, 0.25) is 0 Å². The van der Waals surface area contributed by atoms with Crippen LogP contribution in [-0.4, -0.2) is 18.3 Å². The normalized spacial score (nSPS) is 10.8. The van der Waals surface area contributed by atoms with Crippen LogP contribution in [0.4, 0.5) is 10.1 Å². The number of carbonyl (C=O) groups is 1. The molecule has 3 aromatic carbocycles. The van der Waals surface area contributed by atoms with Crippen LogP contribution in [0, 0.1) is 12.7 Å². The van der Waals surface area contributed by atoms with Crippen molar-refractivity contribution >= 4 is 22.9 Å². The standard InChI is InChI=1S/C24H19FN2O/c1-15-3-10-23-21(11-15)18(14-28)13-24(27-23)17-6-9-20(22(25)12-17)16-4-7-19(26-2)8-5-16/h3-14,26H,1-2H3. The minimum absolute atomic E-state index is 0.326. The number of carbonyl (C=O) groups excluding carboxylic acids is 1. The number of hydrogen-bond donors (Lipinski definition) is 1. The fraction of sp³-hybridized carbons (Fsp3) is 0.0833. The Hall–Kier alpha value is -3.53. The van der Waals surface area contributed by atoms with Crippen LogP contribution in [0.3, 0.4) is 0 Å². The lowest BCUT2D eigenvalue weighted by molar-refractivity contribution is 0.112. The Morgan fingerprint density at radius 3 is 2.36 bits per heavy atom. The van der Waals surface area contributed by atoms with Gasteiger partial charge in [-0.15, -0.1) is 0 Å². The van der Waals surface area contributed by atoms with E-state index in [9.17, 15) is 9.18 Å². The molecule has 0 saturated carbocycles. The van der Waals surface area contributed by atoms with Crippen LogP contribution in [0.1, 0.15) is 15.9 Å². The molecule has 28 heavy (non-hydrogen) atoms. The lowest BCUT2D eigenvalue weighted by Crippen LogP contribution is -1.94. The number of nitrogens with zero attached hydrogens (tertiary/aromatic N) is 1. The van der Waals surface area contributed by atoms with E-state index in [4.69, 9.17) is 0 Å². The Kier molecular flexibility index (Phi) is 4.62. The van der Waals surface area contributed by atoms with Gasteiger partial charge in [-0.05, 0) is 48.9 Å². The SMILES string of the molecule is CNc1ccc(-c2ccc(-c3cc(C=O)c4cc(C)ccc4n3)cc2F)cc1. The predicted molar refractivity (Wildman–Crippen MR) is 112 cm³/mol. The number of pyridine rings is 1. The van der Waals surface area contributed by atoms with Crippen molar-refractivity contribution in [3.8, 4) is 22.4 Å². The van der Waals surface area contributed by atoms with Crippen LogP contribution < -0.4 is 5.32 Å². The molecule has 0 aliphatic rings. The lowest BCUT2D eigenvalue weighted by atomic mass is 9.99. The average Bonchev–Trinajstić information content (AvgIpc) is 2.73. The van der Waals surface area contributed by atoms with Crippen LogP contribution in [0.25, 0.3) is 33.3 Å². The summed E-state index contributed by atoms with van der Waals surface area (Å²) in [5.74, 6) is -0.326. The minimum Gasteiger partial charge on any atom is -0.388 e. The van der Waals surface area contributed by atoms with Crippen LogP contribution in [0.5, 0.6) is 0 Å². The maximum absolute atomic E-state index is 14.8. The molecule has 0 aliphatic carbocycles. The molecule has 4 heteroatoms. The monoisotopic (exact) mass is 370 g/mol. The Balaban J connectivity index is 1.78. The molecule has 4 rings (SSSR count). The van der Waals surface area contributed by atoms with Gasteiger partial charge in [-0.2, -0.15) is 0 Å². The highest BCUT2D eigenvalue weighted by Crippen LogP contribution is 2.30. The van der Waals surface area contributed by atoms with Crippen LogP contribution in [0.2, 0.25) is 0 Å². The maximum atomic E-state index is 14.8. The van der Waals surface area contributed by atoms with E-state index in [1.807, 2.05) is 62.5 Å². The van der Waals surface area contributed by atoms with Gasteiger partial charge in [0.15, 0.2) is 6.29 Å². The van der Waals surface area contributed by atoms with E-state index in [2.05, 4.69) is 10.3 Å². The third kappa shape index (κ3) is 3.25. The van der Waals surface area contributed by atoms with E-state index in [0.29, 0.717) is 22.4 Å². The highest BCUT2D eigenvalue weighted by molar-refractivity contribution is 5.98. The van der Waals surface area contributed by atoms with Crippen molar-refractivity contribution in [3.05, 3.63) is 83.7 Å². The first-order chi connectivity index (χ1) is 13.6. The molecule has 1 heterocycles. The van der Waals surface area contributed by atoms with Crippen molar-refractivity contribution in [2.45, 2.75) is 6.92 Å². The number of aryl methyl sites for hydroxylation is 1. The molecule has 1 N–H and O–H groups in total.